The van der Waals surface area contributed by atoms with Crippen molar-refractivity contribution in [3.05, 3.63) is 35.9 Å². The van der Waals surface area contributed by atoms with Gasteiger partial charge in [0.15, 0.2) is 0 Å². The van der Waals surface area contributed by atoms with Crippen LogP contribution in [0.15, 0.2) is 30.3 Å². The lowest BCUT2D eigenvalue weighted by molar-refractivity contribution is -0.121. The summed E-state index contributed by atoms with van der Waals surface area (Å²) in [6.45, 7) is 5.17. The second-order valence-electron chi connectivity index (χ2n) is 4.51. The molecule has 92 valence electrons. The highest BCUT2D eigenvalue weighted by Crippen LogP contribution is 2.06. The number of benzene rings is 1. The summed E-state index contributed by atoms with van der Waals surface area (Å²) in [6.07, 6.45) is 0. The number of hydrogen-bond acceptors (Lipinski definition) is 3. The molecule has 0 aliphatic rings. The molecule has 4 heteroatoms. The monoisotopic (exact) mass is 235 g/mol. The van der Waals surface area contributed by atoms with Crippen LogP contribution in [0, 0.1) is 0 Å². The van der Waals surface area contributed by atoms with Crippen molar-refractivity contribution in [2.45, 2.75) is 26.3 Å². The lowest BCUT2D eigenvalue weighted by Gasteiger charge is -2.24. The molecular weight excluding hydrogens is 218 g/mol. The largest absolute Gasteiger partial charge is 0.460 e. The summed E-state index contributed by atoms with van der Waals surface area (Å²) in [5.74, 6) is -0.533. The van der Waals surface area contributed by atoms with Crippen LogP contribution in [0.1, 0.15) is 31.1 Å². The Morgan fingerprint density at radius 1 is 1.24 bits per heavy atom. The van der Waals surface area contributed by atoms with E-state index < -0.39 is 5.54 Å². The van der Waals surface area contributed by atoms with Crippen molar-refractivity contribution in [2.24, 2.45) is 0 Å². The maximum Gasteiger partial charge on any atom is 0.338 e. The zero-order valence-electron chi connectivity index (χ0n) is 10.3. The molecule has 0 atom stereocenters. The summed E-state index contributed by atoms with van der Waals surface area (Å²) in [5.41, 5.74) is -0.0536. The minimum atomic E-state index is -0.559. The molecule has 0 aromatic heterocycles. The fraction of sp³-hybridized carbons (Fsp3) is 0.385. The SMILES string of the molecule is CC(=O)NC(C)(C)COC(=O)c1ccccc1. The number of amides is 1. The number of carbonyl (C=O) groups excluding carboxylic acids is 2. The summed E-state index contributed by atoms with van der Waals surface area (Å²) >= 11 is 0. The molecule has 1 rings (SSSR count). The molecule has 1 amide bonds. The molecule has 17 heavy (non-hydrogen) atoms. The van der Waals surface area contributed by atoms with E-state index in [1.54, 1.807) is 38.1 Å². The number of hydrogen-bond donors (Lipinski definition) is 1. The molecule has 0 heterocycles. The first-order valence-corrected chi connectivity index (χ1v) is 5.42. The maximum atomic E-state index is 11.6. The number of rotatable bonds is 4. The highest BCUT2D eigenvalue weighted by Gasteiger charge is 2.21. The summed E-state index contributed by atoms with van der Waals surface area (Å²) in [6, 6.07) is 8.75. The second-order valence-corrected chi connectivity index (χ2v) is 4.51. The predicted octanol–water partition coefficient (Wildman–Crippen LogP) is 1.76. The Morgan fingerprint density at radius 2 is 1.82 bits per heavy atom. The Bertz CT molecular complexity index is 398. The second kappa shape index (κ2) is 5.48. The van der Waals surface area contributed by atoms with Crippen LogP contribution in [-0.4, -0.2) is 24.0 Å². The van der Waals surface area contributed by atoms with Gasteiger partial charge < -0.3 is 10.1 Å². The normalized spacial score (nSPS) is 10.8. The molecule has 0 saturated carbocycles. The van der Waals surface area contributed by atoms with E-state index in [2.05, 4.69) is 5.32 Å². The Morgan fingerprint density at radius 3 is 2.35 bits per heavy atom. The molecule has 0 spiro atoms. The minimum Gasteiger partial charge on any atom is -0.460 e. The zero-order chi connectivity index (χ0) is 12.9. The highest BCUT2D eigenvalue weighted by molar-refractivity contribution is 5.89. The van der Waals surface area contributed by atoms with Crippen molar-refractivity contribution >= 4 is 11.9 Å². The van der Waals surface area contributed by atoms with Crippen LogP contribution in [0.5, 0.6) is 0 Å². The molecule has 0 fully saturated rings. The first-order valence-electron chi connectivity index (χ1n) is 5.42. The van der Waals surface area contributed by atoms with E-state index >= 15 is 0 Å². The van der Waals surface area contributed by atoms with E-state index in [1.165, 1.54) is 6.92 Å². The van der Waals surface area contributed by atoms with Crippen LogP contribution in [-0.2, 0) is 9.53 Å². The average Bonchev–Trinajstić information content (AvgIpc) is 2.25. The fourth-order valence-electron chi connectivity index (χ4n) is 1.42. The Kier molecular flexibility index (Phi) is 4.26. The molecule has 0 unspecified atom stereocenters. The van der Waals surface area contributed by atoms with Crippen molar-refractivity contribution in [3.8, 4) is 0 Å². The van der Waals surface area contributed by atoms with Crippen molar-refractivity contribution < 1.29 is 14.3 Å². The molecule has 0 aliphatic carbocycles. The summed E-state index contributed by atoms with van der Waals surface area (Å²) in [4.78, 5) is 22.6. The first-order chi connectivity index (χ1) is 7.91. The van der Waals surface area contributed by atoms with Gasteiger partial charge in [0.1, 0.15) is 6.61 Å². The van der Waals surface area contributed by atoms with Gasteiger partial charge in [0.2, 0.25) is 5.91 Å². The van der Waals surface area contributed by atoms with Crippen LogP contribution >= 0.6 is 0 Å². The van der Waals surface area contributed by atoms with E-state index in [0.717, 1.165) is 0 Å². The van der Waals surface area contributed by atoms with Gasteiger partial charge >= 0.3 is 5.97 Å². The van der Waals surface area contributed by atoms with Gasteiger partial charge in [-0.05, 0) is 26.0 Å². The molecule has 4 nitrogen and oxygen atoms in total. The van der Waals surface area contributed by atoms with E-state index in [0.29, 0.717) is 5.56 Å². The zero-order valence-corrected chi connectivity index (χ0v) is 10.3. The maximum absolute atomic E-state index is 11.6. The van der Waals surface area contributed by atoms with Gasteiger partial charge in [-0.15, -0.1) is 0 Å². The minimum absolute atomic E-state index is 0.139. The molecule has 0 bridgehead atoms. The lowest BCUT2D eigenvalue weighted by Crippen LogP contribution is -2.46. The smallest absolute Gasteiger partial charge is 0.338 e. The third-order valence-corrected chi connectivity index (χ3v) is 2.09. The summed E-state index contributed by atoms with van der Waals surface area (Å²) < 4.78 is 5.14. The Balaban J connectivity index is 2.51. The van der Waals surface area contributed by atoms with E-state index in [9.17, 15) is 9.59 Å². The van der Waals surface area contributed by atoms with Crippen LogP contribution < -0.4 is 5.32 Å². The summed E-state index contributed by atoms with van der Waals surface area (Å²) in [5, 5.41) is 2.71. The predicted molar refractivity (Wildman–Crippen MR) is 64.6 cm³/mol. The first kappa shape index (κ1) is 13.2. The van der Waals surface area contributed by atoms with Gasteiger partial charge in [-0.2, -0.15) is 0 Å². The van der Waals surface area contributed by atoms with Crippen LogP contribution in [0.4, 0.5) is 0 Å². The lowest BCUT2D eigenvalue weighted by atomic mass is 10.1. The van der Waals surface area contributed by atoms with Crippen molar-refractivity contribution in [2.75, 3.05) is 6.61 Å². The number of nitrogens with one attached hydrogen (secondary N) is 1. The van der Waals surface area contributed by atoms with Gasteiger partial charge in [0.05, 0.1) is 11.1 Å². The Labute approximate surface area is 101 Å². The third-order valence-electron chi connectivity index (χ3n) is 2.09. The Hall–Kier alpha value is -1.84. The van der Waals surface area contributed by atoms with Gasteiger partial charge in [0.25, 0.3) is 0 Å². The molecule has 1 aromatic carbocycles. The summed E-state index contributed by atoms with van der Waals surface area (Å²) in [7, 11) is 0. The molecule has 0 radical (unpaired) electrons. The number of esters is 1. The van der Waals surface area contributed by atoms with Crippen LogP contribution in [0.25, 0.3) is 0 Å². The van der Waals surface area contributed by atoms with E-state index in [4.69, 9.17) is 4.74 Å². The molecule has 1 N–H and O–H groups in total. The standard InChI is InChI=1S/C13H17NO3/c1-10(15)14-13(2,3)9-17-12(16)11-7-5-4-6-8-11/h4-8H,9H2,1-3H3,(H,14,15). The van der Waals surface area contributed by atoms with Crippen LogP contribution in [0.3, 0.4) is 0 Å². The molecule has 0 aliphatic heterocycles. The molecular formula is C13H17NO3. The van der Waals surface area contributed by atoms with Crippen molar-refractivity contribution in [1.29, 1.82) is 0 Å². The topological polar surface area (TPSA) is 55.4 Å². The number of carbonyl (C=O) groups is 2. The van der Waals surface area contributed by atoms with Crippen molar-refractivity contribution in [3.63, 3.8) is 0 Å². The van der Waals surface area contributed by atoms with E-state index in [1.807, 2.05) is 6.07 Å². The average molecular weight is 235 g/mol. The van der Waals surface area contributed by atoms with Gasteiger partial charge in [0, 0.05) is 6.92 Å². The van der Waals surface area contributed by atoms with Gasteiger partial charge in [-0.3, -0.25) is 4.79 Å². The van der Waals surface area contributed by atoms with Gasteiger partial charge in [-0.25, -0.2) is 4.79 Å². The van der Waals surface area contributed by atoms with Crippen LogP contribution in [0.2, 0.25) is 0 Å². The fourth-order valence-corrected chi connectivity index (χ4v) is 1.42. The number of ether oxygens (including phenoxy) is 1. The molecule has 0 saturated heterocycles. The third kappa shape index (κ3) is 4.68. The van der Waals surface area contributed by atoms with E-state index in [-0.39, 0.29) is 18.5 Å². The molecule has 1 aromatic rings. The quantitative estimate of drug-likeness (QED) is 0.809. The van der Waals surface area contributed by atoms with Gasteiger partial charge in [-0.1, -0.05) is 18.2 Å². The van der Waals surface area contributed by atoms with Crippen molar-refractivity contribution in [1.82, 2.24) is 5.32 Å². The highest BCUT2D eigenvalue weighted by atomic mass is 16.5.